The lowest BCUT2D eigenvalue weighted by atomic mass is 9.97. The number of rotatable bonds is 5. The molecular formula is C15H17N3O. The van der Waals surface area contributed by atoms with Gasteiger partial charge in [0, 0.05) is 23.6 Å². The molecule has 0 fully saturated rings. The van der Waals surface area contributed by atoms with Gasteiger partial charge >= 0.3 is 0 Å². The minimum Gasteiger partial charge on any atom is -0.398 e. The fraction of sp³-hybridized carbons (Fsp3) is 0.200. The van der Waals surface area contributed by atoms with E-state index in [2.05, 4.69) is 10.3 Å². The highest BCUT2D eigenvalue weighted by atomic mass is 16.1. The predicted molar refractivity (Wildman–Crippen MR) is 76.2 cm³/mol. The van der Waals surface area contributed by atoms with Gasteiger partial charge < -0.3 is 11.1 Å². The molecule has 1 aromatic heterocycles. The number of pyridine rings is 1. The number of nitrogens with zero attached hydrogens (tertiary/aromatic N) is 1. The van der Waals surface area contributed by atoms with Gasteiger partial charge in [0.2, 0.25) is 0 Å². The van der Waals surface area contributed by atoms with Crippen LogP contribution in [-0.4, -0.2) is 24.4 Å². The van der Waals surface area contributed by atoms with E-state index in [0.717, 1.165) is 18.5 Å². The van der Waals surface area contributed by atoms with E-state index < -0.39 is 0 Å². The van der Waals surface area contributed by atoms with Crippen LogP contribution >= 0.6 is 0 Å². The average Bonchev–Trinajstić information content (AvgIpc) is 2.45. The molecule has 0 unspecified atom stereocenters. The minimum atomic E-state index is -0.0719. The molecule has 4 heteroatoms. The second-order valence-corrected chi connectivity index (χ2v) is 4.30. The van der Waals surface area contributed by atoms with Crippen LogP contribution in [0.15, 0.2) is 42.7 Å². The number of ketones is 1. The smallest absolute Gasteiger partial charge is 0.196 e. The first-order valence-corrected chi connectivity index (χ1v) is 6.20. The van der Waals surface area contributed by atoms with Gasteiger partial charge in [0.05, 0.1) is 5.56 Å². The average molecular weight is 255 g/mol. The summed E-state index contributed by atoms with van der Waals surface area (Å²) in [5.74, 6) is -0.0719. The number of nitrogens with one attached hydrogen (secondary N) is 1. The highest BCUT2D eigenvalue weighted by Crippen LogP contribution is 2.18. The van der Waals surface area contributed by atoms with E-state index in [1.165, 1.54) is 6.20 Å². The molecule has 4 nitrogen and oxygen atoms in total. The summed E-state index contributed by atoms with van der Waals surface area (Å²) < 4.78 is 0. The number of carbonyl (C=O) groups excluding carboxylic acids is 1. The summed E-state index contributed by atoms with van der Waals surface area (Å²) in [6.45, 7) is 0.826. The fourth-order valence-electron chi connectivity index (χ4n) is 1.96. The van der Waals surface area contributed by atoms with Gasteiger partial charge in [-0.2, -0.15) is 0 Å². The zero-order valence-corrected chi connectivity index (χ0v) is 10.9. The summed E-state index contributed by atoms with van der Waals surface area (Å²) in [5, 5.41) is 3.09. The van der Waals surface area contributed by atoms with Crippen LogP contribution in [0.3, 0.4) is 0 Å². The Bertz CT molecular complexity index is 581. The molecule has 0 radical (unpaired) electrons. The van der Waals surface area contributed by atoms with Crippen molar-refractivity contribution in [2.75, 3.05) is 19.3 Å². The minimum absolute atomic E-state index is 0.0719. The Morgan fingerprint density at radius 2 is 2.05 bits per heavy atom. The fourth-order valence-corrected chi connectivity index (χ4v) is 1.96. The number of likely N-dealkylation sites (N-methyl/N-ethyl adjacent to an activating group) is 1. The van der Waals surface area contributed by atoms with Crippen LogP contribution in [0.5, 0.6) is 0 Å². The third-order valence-corrected chi connectivity index (χ3v) is 3.01. The molecule has 1 aromatic carbocycles. The van der Waals surface area contributed by atoms with Gasteiger partial charge in [-0.3, -0.25) is 9.78 Å². The molecule has 0 amide bonds. The number of nitrogen functional groups attached to an aromatic ring is 1. The van der Waals surface area contributed by atoms with Crippen LogP contribution in [0.1, 0.15) is 21.5 Å². The van der Waals surface area contributed by atoms with Crippen molar-refractivity contribution in [1.29, 1.82) is 0 Å². The molecule has 19 heavy (non-hydrogen) atoms. The van der Waals surface area contributed by atoms with E-state index in [4.69, 9.17) is 5.73 Å². The van der Waals surface area contributed by atoms with Gasteiger partial charge in [-0.25, -0.2) is 0 Å². The largest absolute Gasteiger partial charge is 0.398 e. The third kappa shape index (κ3) is 2.98. The summed E-state index contributed by atoms with van der Waals surface area (Å²) >= 11 is 0. The third-order valence-electron chi connectivity index (χ3n) is 3.01. The summed E-state index contributed by atoms with van der Waals surface area (Å²) in [7, 11) is 1.89. The number of hydrogen-bond donors (Lipinski definition) is 2. The maximum atomic E-state index is 12.5. The highest BCUT2D eigenvalue weighted by Gasteiger charge is 2.15. The predicted octanol–water partition coefficient (Wildman–Crippen LogP) is 1.66. The quantitative estimate of drug-likeness (QED) is 0.797. The number of benzene rings is 1. The van der Waals surface area contributed by atoms with Gasteiger partial charge in [0.25, 0.3) is 0 Å². The molecule has 0 aliphatic rings. The number of anilines is 1. The molecule has 0 bridgehead atoms. The van der Waals surface area contributed by atoms with Crippen molar-refractivity contribution in [3.05, 3.63) is 59.4 Å². The van der Waals surface area contributed by atoms with Gasteiger partial charge in [0.15, 0.2) is 5.78 Å². The van der Waals surface area contributed by atoms with Crippen LogP contribution in [0.25, 0.3) is 0 Å². The summed E-state index contributed by atoms with van der Waals surface area (Å²) in [6.07, 6.45) is 3.91. The van der Waals surface area contributed by atoms with Gasteiger partial charge in [-0.05, 0) is 31.6 Å². The molecule has 0 saturated heterocycles. The van der Waals surface area contributed by atoms with E-state index in [-0.39, 0.29) is 5.78 Å². The Balaban J connectivity index is 2.36. The topological polar surface area (TPSA) is 68.0 Å². The molecule has 0 aliphatic carbocycles. The van der Waals surface area contributed by atoms with Gasteiger partial charge in [-0.1, -0.05) is 24.3 Å². The highest BCUT2D eigenvalue weighted by molar-refractivity contribution is 6.12. The first kappa shape index (κ1) is 13.2. The lowest BCUT2D eigenvalue weighted by Gasteiger charge is -2.09. The second kappa shape index (κ2) is 6.11. The molecule has 0 spiro atoms. The van der Waals surface area contributed by atoms with Crippen LogP contribution in [-0.2, 0) is 6.42 Å². The van der Waals surface area contributed by atoms with E-state index >= 15 is 0 Å². The van der Waals surface area contributed by atoms with Crippen molar-refractivity contribution in [1.82, 2.24) is 10.3 Å². The Morgan fingerprint density at radius 1 is 1.26 bits per heavy atom. The maximum Gasteiger partial charge on any atom is 0.196 e. The number of carbonyl (C=O) groups is 1. The zero-order chi connectivity index (χ0) is 13.7. The lowest BCUT2D eigenvalue weighted by Crippen LogP contribution is -2.14. The Labute approximate surface area is 112 Å². The number of hydrogen-bond acceptors (Lipinski definition) is 4. The Morgan fingerprint density at radius 3 is 2.79 bits per heavy atom. The van der Waals surface area contributed by atoms with Crippen molar-refractivity contribution < 1.29 is 4.79 Å². The zero-order valence-electron chi connectivity index (χ0n) is 10.9. The standard InChI is InChI=1S/C15H17N3O/c1-17-8-6-11-4-2-3-5-12(11)15(19)13-10-18-9-7-14(13)16/h2-5,7,9-10,17H,6,8H2,1H3,(H2,16,18). The van der Waals surface area contributed by atoms with E-state index in [0.29, 0.717) is 16.8 Å². The Kier molecular flexibility index (Phi) is 4.26. The van der Waals surface area contributed by atoms with Crippen molar-refractivity contribution >= 4 is 11.5 Å². The Hall–Kier alpha value is -2.20. The molecular weight excluding hydrogens is 238 g/mol. The first-order valence-electron chi connectivity index (χ1n) is 6.20. The van der Waals surface area contributed by atoms with E-state index in [1.807, 2.05) is 31.3 Å². The molecule has 0 saturated carbocycles. The molecule has 3 N–H and O–H groups in total. The molecule has 2 aromatic rings. The monoisotopic (exact) mass is 255 g/mol. The molecule has 0 aliphatic heterocycles. The molecule has 98 valence electrons. The van der Waals surface area contributed by atoms with Gasteiger partial charge in [-0.15, -0.1) is 0 Å². The summed E-state index contributed by atoms with van der Waals surface area (Å²) in [4.78, 5) is 16.5. The normalized spacial score (nSPS) is 10.4. The van der Waals surface area contributed by atoms with Crippen molar-refractivity contribution in [3.63, 3.8) is 0 Å². The van der Waals surface area contributed by atoms with Crippen molar-refractivity contribution in [2.45, 2.75) is 6.42 Å². The van der Waals surface area contributed by atoms with Crippen molar-refractivity contribution in [3.8, 4) is 0 Å². The van der Waals surface area contributed by atoms with Crippen LogP contribution in [0, 0.1) is 0 Å². The summed E-state index contributed by atoms with van der Waals surface area (Å²) in [6, 6.07) is 9.25. The molecule has 0 atom stereocenters. The summed E-state index contributed by atoms with van der Waals surface area (Å²) in [5.41, 5.74) is 8.47. The number of nitrogens with two attached hydrogens (primary N) is 1. The maximum absolute atomic E-state index is 12.5. The van der Waals surface area contributed by atoms with Gasteiger partial charge in [0.1, 0.15) is 0 Å². The number of aromatic nitrogens is 1. The first-order chi connectivity index (χ1) is 9.24. The van der Waals surface area contributed by atoms with Crippen LogP contribution < -0.4 is 11.1 Å². The lowest BCUT2D eigenvalue weighted by molar-refractivity contribution is 0.103. The van der Waals surface area contributed by atoms with E-state index in [1.54, 1.807) is 12.3 Å². The van der Waals surface area contributed by atoms with Crippen LogP contribution in [0.4, 0.5) is 5.69 Å². The van der Waals surface area contributed by atoms with Crippen LogP contribution in [0.2, 0.25) is 0 Å². The molecule has 1 heterocycles. The van der Waals surface area contributed by atoms with E-state index in [9.17, 15) is 4.79 Å². The SMILES string of the molecule is CNCCc1ccccc1C(=O)c1cnccc1N. The molecule has 2 rings (SSSR count). The second-order valence-electron chi connectivity index (χ2n) is 4.30. The van der Waals surface area contributed by atoms with Crippen molar-refractivity contribution in [2.24, 2.45) is 0 Å².